The molecule has 0 heteroatoms. The predicted molar refractivity (Wildman–Crippen MR) is 111 cm³/mol. The highest BCUT2D eigenvalue weighted by Gasteiger charge is 2.18. The smallest absolute Gasteiger partial charge is 0.0132 e. The molecule has 0 amide bonds. The van der Waals surface area contributed by atoms with Crippen LogP contribution in [-0.4, -0.2) is 0 Å². The molecule has 0 unspecified atom stereocenters. The molecule has 130 valence electrons. The third-order valence-corrected chi connectivity index (χ3v) is 5.06. The highest BCUT2D eigenvalue weighted by Crippen LogP contribution is 2.37. The molecule has 0 aliphatic heterocycles. The van der Waals surface area contributed by atoms with Gasteiger partial charge in [0, 0.05) is 0 Å². The number of benzene rings is 2. The summed E-state index contributed by atoms with van der Waals surface area (Å²) in [5, 5.41) is 0. The van der Waals surface area contributed by atoms with Crippen LogP contribution >= 0.6 is 0 Å². The summed E-state index contributed by atoms with van der Waals surface area (Å²) in [5.74, 6) is 0. The van der Waals surface area contributed by atoms with Crippen molar-refractivity contribution >= 4 is 11.1 Å². The molecule has 25 heavy (non-hydrogen) atoms. The van der Waals surface area contributed by atoms with E-state index in [1.165, 1.54) is 33.4 Å². The van der Waals surface area contributed by atoms with Crippen LogP contribution in [0.4, 0.5) is 0 Å². The van der Waals surface area contributed by atoms with Crippen molar-refractivity contribution in [3.8, 4) is 0 Å². The maximum Gasteiger partial charge on any atom is -0.0132 e. The summed E-state index contributed by atoms with van der Waals surface area (Å²) in [5.41, 5.74) is 8.53. The topological polar surface area (TPSA) is 0 Å². The van der Waals surface area contributed by atoms with Crippen molar-refractivity contribution in [1.82, 2.24) is 0 Å². The summed E-state index contributed by atoms with van der Waals surface area (Å²) >= 11 is 0. The number of hydrogen-bond donors (Lipinski definition) is 0. The second-order valence-electron chi connectivity index (χ2n) is 9.13. The lowest BCUT2D eigenvalue weighted by Gasteiger charge is -2.20. The second kappa shape index (κ2) is 6.33. The SMILES string of the molecule is CC(C)(C)c1ccc(C2=CCC=C2c2ccc(C(C)(C)C)cc2)cc1. The van der Waals surface area contributed by atoms with E-state index in [9.17, 15) is 0 Å². The summed E-state index contributed by atoms with van der Waals surface area (Å²) < 4.78 is 0. The van der Waals surface area contributed by atoms with Crippen molar-refractivity contribution in [2.75, 3.05) is 0 Å². The minimum Gasteiger partial charge on any atom is -0.0722 e. The second-order valence-corrected chi connectivity index (χ2v) is 9.13. The maximum atomic E-state index is 2.35. The standard InChI is InChI=1S/C25H30/c1-24(2,3)20-14-10-18(11-15-20)22-8-7-9-23(22)19-12-16-21(17-13-19)25(4,5)6/h8-17H,7H2,1-6H3. The Morgan fingerprint density at radius 1 is 0.520 bits per heavy atom. The summed E-state index contributed by atoms with van der Waals surface area (Å²) in [6, 6.07) is 18.2. The molecule has 0 radical (unpaired) electrons. The fraction of sp³-hybridized carbons (Fsp3) is 0.360. The minimum absolute atomic E-state index is 0.198. The molecule has 0 heterocycles. The predicted octanol–water partition coefficient (Wildman–Crippen LogP) is 7.15. The van der Waals surface area contributed by atoms with E-state index in [1.807, 2.05) is 0 Å². The van der Waals surface area contributed by atoms with Crippen LogP contribution in [0.5, 0.6) is 0 Å². The van der Waals surface area contributed by atoms with E-state index >= 15 is 0 Å². The molecule has 3 rings (SSSR count). The zero-order valence-electron chi connectivity index (χ0n) is 16.5. The van der Waals surface area contributed by atoms with Crippen LogP contribution in [0.15, 0.2) is 60.7 Å². The Kier molecular flexibility index (Phi) is 4.49. The van der Waals surface area contributed by atoms with Gasteiger partial charge in [-0.05, 0) is 50.7 Å². The van der Waals surface area contributed by atoms with Gasteiger partial charge in [-0.15, -0.1) is 0 Å². The average Bonchev–Trinajstić information content (AvgIpc) is 3.03. The Morgan fingerprint density at radius 3 is 1.12 bits per heavy atom. The summed E-state index contributed by atoms with van der Waals surface area (Å²) in [6.07, 6.45) is 5.71. The van der Waals surface area contributed by atoms with Crippen LogP contribution in [-0.2, 0) is 10.8 Å². The van der Waals surface area contributed by atoms with Crippen LogP contribution in [0.2, 0.25) is 0 Å². The van der Waals surface area contributed by atoms with Gasteiger partial charge in [-0.3, -0.25) is 0 Å². The van der Waals surface area contributed by atoms with Gasteiger partial charge >= 0.3 is 0 Å². The molecule has 0 nitrogen and oxygen atoms in total. The number of allylic oxidation sites excluding steroid dienone is 4. The van der Waals surface area contributed by atoms with E-state index in [4.69, 9.17) is 0 Å². The van der Waals surface area contributed by atoms with Crippen molar-refractivity contribution in [2.24, 2.45) is 0 Å². The molecule has 0 bridgehead atoms. The van der Waals surface area contributed by atoms with Crippen molar-refractivity contribution in [3.63, 3.8) is 0 Å². The fourth-order valence-electron chi connectivity index (χ4n) is 3.36. The minimum atomic E-state index is 0.198. The molecule has 2 aromatic rings. The van der Waals surface area contributed by atoms with Gasteiger partial charge in [0.2, 0.25) is 0 Å². The molecule has 0 spiro atoms. The van der Waals surface area contributed by atoms with E-state index in [-0.39, 0.29) is 10.8 Å². The first-order valence-corrected chi connectivity index (χ1v) is 9.29. The maximum absolute atomic E-state index is 2.35. The van der Waals surface area contributed by atoms with E-state index in [0.717, 1.165) is 6.42 Å². The van der Waals surface area contributed by atoms with Gasteiger partial charge in [0.15, 0.2) is 0 Å². The molecular weight excluding hydrogens is 300 g/mol. The molecule has 2 aromatic carbocycles. The molecule has 1 aliphatic carbocycles. The summed E-state index contributed by atoms with van der Waals surface area (Å²) in [7, 11) is 0. The highest BCUT2D eigenvalue weighted by atomic mass is 14.2. The lowest BCUT2D eigenvalue weighted by Crippen LogP contribution is -2.10. The Bertz CT molecular complexity index is 727. The first-order valence-electron chi connectivity index (χ1n) is 9.29. The molecule has 0 atom stereocenters. The van der Waals surface area contributed by atoms with Crippen LogP contribution in [0, 0.1) is 0 Å². The third-order valence-electron chi connectivity index (χ3n) is 5.06. The number of hydrogen-bond acceptors (Lipinski definition) is 0. The van der Waals surface area contributed by atoms with Crippen molar-refractivity contribution < 1.29 is 0 Å². The Morgan fingerprint density at radius 2 is 0.840 bits per heavy atom. The highest BCUT2D eigenvalue weighted by molar-refractivity contribution is 6.06. The molecule has 0 saturated heterocycles. The van der Waals surface area contributed by atoms with Crippen molar-refractivity contribution in [1.29, 1.82) is 0 Å². The fourth-order valence-corrected chi connectivity index (χ4v) is 3.36. The van der Waals surface area contributed by atoms with Crippen LogP contribution in [0.3, 0.4) is 0 Å². The van der Waals surface area contributed by atoms with Crippen molar-refractivity contribution in [2.45, 2.75) is 58.8 Å². The first kappa shape index (κ1) is 17.7. The lowest BCUT2D eigenvalue weighted by molar-refractivity contribution is 0.590. The Hall–Kier alpha value is -2.08. The average molecular weight is 331 g/mol. The van der Waals surface area contributed by atoms with Gasteiger partial charge in [0.25, 0.3) is 0 Å². The van der Waals surface area contributed by atoms with E-state index in [0.29, 0.717) is 0 Å². The molecule has 0 aromatic heterocycles. The Balaban J connectivity index is 1.88. The van der Waals surface area contributed by atoms with Crippen LogP contribution < -0.4 is 0 Å². The van der Waals surface area contributed by atoms with Gasteiger partial charge in [-0.2, -0.15) is 0 Å². The van der Waals surface area contributed by atoms with Gasteiger partial charge in [-0.1, -0.05) is 102 Å². The molecular formula is C25H30. The molecule has 0 fully saturated rings. The Labute approximate surface area is 153 Å². The quantitative estimate of drug-likeness (QED) is 0.548. The number of rotatable bonds is 2. The first-order chi connectivity index (χ1) is 11.7. The van der Waals surface area contributed by atoms with Crippen molar-refractivity contribution in [3.05, 3.63) is 82.9 Å². The van der Waals surface area contributed by atoms with E-state index in [2.05, 4.69) is 102 Å². The molecule has 0 N–H and O–H groups in total. The third kappa shape index (κ3) is 3.79. The zero-order valence-corrected chi connectivity index (χ0v) is 16.5. The zero-order chi connectivity index (χ0) is 18.2. The van der Waals surface area contributed by atoms with E-state index in [1.54, 1.807) is 0 Å². The monoisotopic (exact) mass is 330 g/mol. The summed E-state index contributed by atoms with van der Waals surface area (Å²) in [4.78, 5) is 0. The summed E-state index contributed by atoms with van der Waals surface area (Å²) in [6.45, 7) is 13.6. The van der Waals surface area contributed by atoms with E-state index < -0.39 is 0 Å². The molecule has 1 aliphatic rings. The van der Waals surface area contributed by atoms with Gasteiger partial charge in [-0.25, -0.2) is 0 Å². The van der Waals surface area contributed by atoms with Crippen LogP contribution in [0.25, 0.3) is 11.1 Å². The normalized spacial score (nSPS) is 15.1. The molecule has 0 saturated carbocycles. The largest absolute Gasteiger partial charge is 0.0722 e. The van der Waals surface area contributed by atoms with Gasteiger partial charge in [0.1, 0.15) is 0 Å². The van der Waals surface area contributed by atoms with Gasteiger partial charge in [0.05, 0.1) is 0 Å². The van der Waals surface area contributed by atoms with Gasteiger partial charge < -0.3 is 0 Å². The van der Waals surface area contributed by atoms with Crippen LogP contribution in [0.1, 0.15) is 70.2 Å². The lowest BCUT2D eigenvalue weighted by atomic mass is 9.84.